The predicted octanol–water partition coefficient (Wildman–Crippen LogP) is 7.54. The largest absolute Gasteiger partial charge is 0.431 e. The quantitative estimate of drug-likeness (QED) is 0.286. The Hall–Kier alpha value is -0.830. The van der Waals surface area contributed by atoms with E-state index in [2.05, 4.69) is 13.8 Å². The van der Waals surface area contributed by atoms with Gasteiger partial charge in [0.05, 0.1) is 12.2 Å². The summed E-state index contributed by atoms with van der Waals surface area (Å²) in [5.74, 6) is 0.518. The second kappa shape index (κ2) is 9.13. The number of rotatable bonds is 5. The van der Waals surface area contributed by atoms with Crippen LogP contribution in [0.5, 0.6) is 0 Å². The summed E-state index contributed by atoms with van der Waals surface area (Å²) < 4.78 is 91.7. The van der Waals surface area contributed by atoms with E-state index in [9.17, 15) is 40.9 Å². The maximum Gasteiger partial charge on any atom is 0.431 e. The second-order valence-corrected chi connectivity index (χ2v) is 12.7. The summed E-state index contributed by atoms with van der Waals surface area (Å²) >= 11 is 0. The molecule has 9 heteroatoms. The van der Waals surface area contributed by atoms with Crippen LogP contribution in [0, 0.1) is 40.4 Å². The lowest BCUT2D eigenvalue weighted by atomic mass is 9.46. The maximum atomic E-state index is 14.1. The SMILES string of the molecule is C[C@H](CCCC(F)(C(F)(F)F)C(F)(F)F)[C@H]1CC[C@H]2[C@@H]3[C@H](O)C=C4C[C@@H](O)CC[C@]4(C)[C@H]3CC[C@]12C. The van der Waals surface area contributed by atoms with Crippen LogP contribution in [0.3, 0.4) is 0 Å². The van der Waals surface area contributed by atoms with Gasteiger partial charge in [0.15, 0.2) is 0 Å². The molecule has 208 valence electrons. The summed E-state index contributed by atoms with van der Waals surface area (Å²) in [6.07, 6.45) is -7.38. The molecule has 0 bridgehead atoms. The van der Waals surface area contributed by atoms with Crippen LogP contribution in [-0.2, 0) is 0 Å². The fourth-order valence-electron chi connectivity index (χ4n) is 8.92. The van der Waals surface area contributed by atoms with E-state index in [0.717, 1.165) is 44.1 Å². The van der Waals surface area contributed by atoms with Crippen LogP contribution in [-0.4, -0.2) is 40.4 Å². The number of alkyl halides is 7. The van der Waals surface area contributed by atoms with Gasteiger partial charge in [0, 0.05) is 0 Å². The van der Waals surface area contributed by atoms with Crippen LogP contribution in [0.1, 0.15) is 85.0 Å². The molecule has 0 heterocycles. The van der Waals surface area contributed by atoms with E-state index in [1.54, 1.807) is 0 Å². The van der Waals surface area contributed by atoms with E-state index in [-0.39, 0.29) is 52.9 Å². The molecule has 4 aliphatic rings. The molecule has 9 atom stereocenters. The van der Waals surface area contributed by atoms with E-state index in [1.807, 2.05) is 13.0 Å². The maximum absolute atomic E-state index is 14.1. The summed E-state index contributed by atoms with van der Waals surface area (Å²) in [5, 5.41) is 21.4. The smallest absolute Gasteiger partial charge is 0.393 e. The van der Waals surface area contributed by atoms with Gasteiger partial charge < -0.3 is 10.2 Å². The molecular formula is C27H39F7O2. The lowest BCUT2D eigenvalue weighted by Crippen LogP contribution is -2.55. The normalized spacial score (nSPS) is 42.3. The molecule has 4 aliphatic carbocycles. The average molecular weight is 529 g/mol. The molecule has 36 heavy (non-hydrogen) atoms. The van der Waals surface area contributed by atoms with E-state index in [1.165, 1.54) is 0 Å². The Morgan fingerprint density at radius 2 is 1.56 bits per heavy atom. The van der Waals surface area contributed by atoms with Crippen molar-refractivity contribution in [2.45, 2.75) is 115 Å². The molecule has 0 aromatic heterocycles. The van der Waals surface area contributed by atoms with Crippen LogP contribution in [0.25, 0.3) is 0 Å². The van der Waals surface area contributed by atoms with Gasteiger partial charge in [-0.1, -0.05) is 38.8 Å². The minimum absolute atomic E-state index is 0.0545. The van der Waals surface area contributed by atoms with Gasteiger partial charge in [-0.2, -0.15) is 26.3 Å². The van der Waals surface area contributed by atoms with Gasteiger partial charge in [0.2, 0.25) is 0 Å². The first-order chi connectivity index (χ1) is 16.5. The van der Waals surface area contributed by atoms with Crippen molar-refractivity contribution < 1.29 is 40.9 Å². The first-order valence-corrected chi connectivity index (χ1v) is 13.4. The summed E-state index contributed by atoms with van der Waals surface area (Å²) in [7, 11) is 0. The number of aliphatic hydroxyl groups is 2. The van der Waals surface area contributed by atoms with Gasteiger partial charge in [-0.15, -0.1) is 0 Å². The van der Waals surface area contributed by atoms with E-state index < -0.39 is 37.0 Å². The molecule has 2 nitrogen and oxygen atoms in total. The highest BCUT2D eigenvalue weighted by Gasteiger charge is 2.71. The first kappa shape index (κ1) is 28.2. The zero-order valence-electron chi connectivity index (χ0n) is 21.2. The van der Waals surface area contributed by atoms with Crippen molar-refractivity contribution in [2.24, 2.45) is 40.4 Å². The Bertz CT molecular complexity index is 838. The lowest BCUT2D eigenvalue weighted by Gasteiger charge is -2.59. The van der Waals surface area contributed by atoms with Crippen LogP contribution in [0.2, 0.25) is 0 Å². The summed E-state index contributed by atoms with van der Waals surface area (Å²) in [4.78, 5) is 0. The van der Waals surface area contributed by atoms with Gasteiger partial charge in [-0.25, -0.2) is 4.39 Å². The summed E-state index contributed by atoms with van der Waals surface area (Å²) in [6, 6.07) is 0. The third-order valence-corrected chi connectivity index (χ3v) is 10.9. The molecule has 0 radical (unpaired) electrons. The zero-order valence-corrected chi connectivity index (χ0v) is 21.2. The molecule has 0 saturated heterocycles. The Balaban J connectivity index is 1.47. The van der Waals surface area contributed by atoms with Crippen LogP contribution < -0.4 is 0 Å². The van der Waals surface area contributed by atoms with Crippen LogP contribution >= 0.6 is 0 Å². The van der Waals surface area contributed by atoms with Gasteiger partial charge in [0.1, 0.15) is 0 Å². The van der Waals surface area contributed by atoms with Gasteiger partial charge in [-0.3, -0.25) is 0 Å². The van der Waals surface area contributed by atoms with Crippen molar-refractivity contribution in [1.29, 1.82) is 0 Å². The predicted molar refractivity (Wildman–Crippen MR) is 122 cm³/mol. The van der Waals surface area contributed by atoms with Crippen molar-refractivity contribution in [2.75, 3.05) is 0 Å². The fraction of sp³-hybridized carbons (Fsp3) is 0.926. The molecule has 0 aromatic carbocycles. The van der Waals surface area contributed by atoms with Crippen LogP contribution in [0.4, 0.5) is 30.7 Å². The first-order valence-electron chi connectivity index (χ1n) is 13.4. The summed E-state index contributed by atoms with van der Waals surface area (Å²) in [5.41, 5.74) is -4.27. The second-order valence-electron chi connectivity index (χ2n) is 12.7. The number of aliphatic hydroxyl groups excluding tert-OH is 2. The molecule has 0 unspecified atom stereocenters. The Kier molecular flexibility index (Phi) is 7.15. The summed E-state index contributed by atoms with van der Waals surface area (Å²) in [6.45, 7) is 6.28. The molecule has 4 rings (SSSR count). The molecule has 0 amide bonds. The molecule has 2 N–H and O–H groups in total. The number of hydrogen-bond acceptors (Lipinski definition) is 2. The molecule has 0 aliphatic heterocycles. The molecular weight excluding hydrogens is 489 g/mol. The molecule has 0 spiro atoms. The Morgan fingerprint density at radius 3 is 2.17 bits per heavy atom. The fourth-order valence-corrected chi connectivity index (χ4v) is 8.92. The highest BCUT2D eigenvalue weighted by atomic mass is 19.4. The third-order valence-electron chi connectivity index (χ3n) is 10.9. The topological polar surface area (TPSA) is 40.5 Å². The minimum Gasteiger partial charge on any atom is -0.393 e. The van der Waals surface area contributed by atoms with Crippen molar-refractivity contribution in [3.05, 3.63) is 11.6 Å². The Labute approximate surface area is 208 Å². The van der Waals surface area contributed by atoms with Gasteiger partial charge in [-0.05, 0) is 98.2 Å². The number of hydrogen-bond donors (Lipinski definition) is 2. The van der Waals surface area contributed by atoms with Crippen LogP contribution in [0.15, 0.2) is 11.6 Å². The monoisotopic (exact) mass is 528 g/mol. The van der Waals surface area contributed by atoms with Crippen molar-refractivity contribution >= 4 is 0 Å². The lowest BCUT2D eigenvalue weighted by molar-refractivity contribution is -0.343. The number of fused-ring (bicyclic) bond motifs is 5. The van der Waals surface area contributed by atoms with E-state index in [4.69, 9.17) is 0 Å². The molecule has 3 saturated carbocycles. The molecule has 3 fully saturated rings. The third kappa shape index (κ3) is 4.32. The van der Waals surface area contributed by atoms with Crippen molar-refractivity contribution in [3.8, 4) is 0 Å². The van der Waals surface area contributed by atoms with Gasteiger partial charge >= 0.3 is 12.4 Å². The highest BCUT2D eigenvalue weighted by molar-refractivity contribution is 5.28. The zero-order chi connectivity index (χ0) is 26.9. The highest BCUT2D eigenvalue weighted by Crippen LogP contribution is 2.67. The minimum atomic E-state index is -5.99. The average Bonchev–Trinajstić information content (AvgIpc) is 3.10. The Morgan fingerprint density at radius 1 is 0.917 bits per heavy atom. The molecule has 0 aromatic rings. The van der Waals surface area contributed by atoms with Gasteiger partial charge in [0.25, 0.3) is 5.67 Å². The van der Waals surface area contributed by atoms with Crippen molar-refractivity contribution in [1.82, 2.24) is 0 Å². The van der Waals surface area contributed by atoms with E-state index in [0.29, 0.717) is 6.42 Å². The standard InChI is InChI=1S/C27H39F7O2/c1-15(5-4-10-25(28,26(29,30)31)27(32,33)34)18-6-7-19-22-20(9-12-24(18,19)3)23(2)11-8-17(35)13-16(23)14-21(22)36/h14-15,17-22,35-36H,4-13H2,1-3H3/t15-,17+,18-,19+,20+,21-,22+,23+,24-/m1/s1. The van der Waals surface area contributed by atoms with Crippen molar-refractivity contribution in [3.63, 3.8) is 0 Å². The van der Waals surface area contributed by atoms with E-state index >= 15 is 0 Å². The number of halogens is 7.